The summed E-state index contributed by atoms with van der Waals surface area (Å²) in [6.07, 6.45) is 1.62. The van der Waals surface area contributed by atoms with E-state index in [1.165, 1.54) is 6.07 Å². The maximum atomic E-state index is 6.01. The molecule has 2 nitrogen and oxygen atoms in total. The SMILES string of the molecule is Clc1cc(Cl)c(Oc2ncc(Br)cc2Br)cc1Cl. The summed E-state index contributed by atoms with van der Waals surface area (Å²) in [6, 6.07) is 4.88. The van der Waals surface area contributed by atoms with Gasteiger partial charge in [0.05, 0.1) is 19.5 Å². The van der Waals surface area contributed by atoms with Gasteiger partial charge in [-0.3, -0.25) is 0 Å². The minimum absolute atomic E-state index is 0.362. The lowest BCUT2D eigenvalue weighted by Gasteiger charge is -2.09. The molecule has 0 radical (unpaired) electrons. The summed E-state index contributed by atoms with van der Waals surface area (Å²) in [6.45, 7) is 0. The average Bonchev–Trinajstić information content (AvgIpc) is 2.29. The van der Waals surface area contributed by atoms with Crippen LogP contribution in [0, 0.1) is 0 Å². The molecule has 94 valence electrons. The van der Waals surface area contributed by atoms with Gasteiger partial charge in [-0.1, -0.05) is 34.8 Å². The highest BCUT2D eigenvalue weighted by Crippen LogP contribution is 2.37. The van der Waals surface area contributed by atoms with Gasteiger partial charge in [0, 0.05) is 16.7 Å². The van der Waals surface area contributed by atoms with Gasteiger partial charge in [0.25, 0.3) is 0 Å². The van der Waals surface area contributed by atoms with E-state index in [1.54, 1.807) is 12.3 Å². The number of aromatic nitrogens is 1. The van der Waals surface area contributed by atoms with Crippen molar-refractivity contribution in [1.82, 2.24) is 4.98 Å². The third-order valence-corrected chi connectivity index (χ3v) is 3.97. The van der Waals surface area contributed by atoms with Gasteiger partial charge in [0.2, 0.25) is 5.88 Å². The Balaban J connectivity index is 2.37. The number of pyridine rings is 1. The van der Waals surface area contributed by atoms with E-state index in [9.17, 15) is 0 Å². The minimum atomic E-state index is 0.362. The fourth-order valence-corrected chi connectivity index (χ4v) is 2.81. The Kier molecular flexibility index (Phi) is 4.78. The molecule has 0 aliphatic heterocycles. The molecule has 0 aliphatic carbocycles. The molecule has 0 unspecified atom stereocenters. The molecule has 1 aromatic heterocycles. The van der Waals surface area contributed by atoms with Crippen molar-refractivity contribution in [2.24, 2.45) is 0 Å². The summed E-state index contributed by atoms with van der Waals surface area (Å²) in [4.78, 5) is 4.12. The first-order chi connectivity index (χ1) is 8.47. The summed E-state index contributed by atoms with van der Waals surface area (Å²) in [5, 5.41) is 1.10. The van der Waals surface area contributed by atoms with Crippen molar-refractivity contribution >= 4 is 66.7 Å². The summed E-state index contributed by atoms with van der Waals surface area (Å²) in [5.41, 5.74) is 0. The van der Waals surface area contributed by atoms with Crippen molar-refractivity contribution in [1.29, 1.82) is 0 Å². The topological polar surface area (TPSA) is 22.1 Å². The summed E-state index contributed by atoms with van der Waals surface area (Å²) in [5.74, 6) is 0.778. The van der Waals surface area contributed by atoms with E-state index in [-0.39, 0.29) is 0 Å². The van der Waals surface area contributed by atoms with Gasteiger partial charge in [-0.25, -0.2) is 4.98 Å². The quantitative estimate of drug-likeness (QED) is 0.516. The highest BCUT2D eigenvalue weighted by molar-refractivity contribution is 9.11. The highest BCUT2D eigenvalue weighted by Gasteiger charge is 2.11. The Morgan fingerprint density at radius 1 is 0.944 bits per heavy atom. The van der Waals surface area contributed by atoms with Crippen LogP contribution >= 0.6 is 66.7 Å². The second-order valence-corrected chi connectivity index (χ2v) is 6.23. The molecular weight excluding hydrogens is 428 g/mol. The predicted molar refractivity (Wildman–Crippen MR) is 81.2 cm³/mol. The van der Waals surface area contributed by atoms with Crippen LogP contribution in [-0.2, 0) is 0 Å². The molecule has 0 N–H and O–H groups in total. The number of rotatable bonds is 2. The standard InChI is InChI=1S/C11H4Br2Cl3NO/c12-5-1-6(13)11(17-4-5)18-10-3-8(15)7(14)2-9(10)16/h1-4H. The van der Waals surface area contributed by atoms with Gasteiger partial charge in [-0.2, -0.15) is 0 Å². The number of hydrogen-bond donors (Lipinski definition) is 0. The van der Waals surface area contributed by atoms with Crippen LogP contribution in [0.25, 0.3) is 0 Å². The first-order valence-corrected chi connectivity index (χ1v) is 7.33. The fraction of sp³-hybridized carbons (Fsp3) is 0. The molecule has 7 heteroatoms. The van der Waals surface area contributed by atoms with Crippen LogP contribution in [0.3, 0.4) is 0 Å². The Labute approximate surface area is 135 Å². The van der Waals surface area contributed by atoms with E-state index < -0.39 is 0 Å². The molecule has 0 saturated carbocycles. The van der Waals surface area contributed by atoms with Crippen LogP contribution in [0.1, 0.15) is 0 Å². The van der Waals surface area contributed by atoms with Crippen LogP contribution < -0.4 is 4.74 Å². The number of benzene rings is 1. The zero-order valence-electron chi connectivity index (χ0n) is 8.55. The van der Waals surface area contributed by atoms with Gasteiger partial charge >= 0.3 is 0 Å². The zero-order valence-corrected chi connectivity index (χ0v) is 14.0. The fourth-order valence-electron chi connectivity index (χ4n) is 1.16. The van der Waals surface area contributed by atoms with Gasteiger partial charge < -0.3 is 4.74 Å². The molecule has 1 aromatic carbocycles. The van der Waals surface area contributed by atoms with E-state index >= 15 is 0 Å². The Morgan fingerprint density at radius 2 is 1.61 bits per heavy atom. The van der Waals surface area contributed by atoms with Crippen LogP contribution in [-0.4, -0.2) is 4.98 Å². The number of nitrogens with zero attached hydrogens (tertiary/aromatic N) is 1. The highest BCUT2D eigenvalue weighted by atomic mass is 79.9. The van der Waals surface area contributed by atoms with E-state index in [0.717, 1.165) is 4.47 Å². The molecule has 0 saturated heterocycles. The Hall–Kier alpha value is -0.000000000000000167. The van der Waals surface area contributed by atoms with Gasteiger partial charge in [0.15, 0.2) is 0 Å². The molecule has 1 heterocycles. The van der Waals surface area contributed by atoms with Crippen molar-refractivity contribution in [3.8, 4) is 11.6 Å². The summed E-state index contributed by atoms with van der Waals surface area (Å²) < 4.78 is 7.11. The van der Waals surface area contributed by atoms with E-state index in [4.69, 9.17) is 39.5 Å². The van der Waals surface area contributed by atoms with Gasteiger partial charge in [-0.15, -0.1) is 0 Å². The lowest BCUT2D eigenvalue weighted by Crippen LogP contribution is -1.90. The monoisotopic (exact) mass is 429 g/mol. The smallest absolute Gasteiger partial charge is 0.233 e. The Morgan fingerprint density at radius 3 is 2.28 bits per heavy atom. The lowest BCUT2D eigenvalue weighted by atomic mass is 10.3. The molecular formula is C11H4Br2Cl3NO. The molecule has 0 atom stereocenters. The second kappa shape index (κ2) is 5.97. The molecule has 0 fully saturated rings. The largest absolute Gasteiger partial charge is 0.436 e. The van der Waals surface area contributed by atoms with Crippen LogP contribution in [0.2, 0.25) is 15.1 Å². The minimum Gasteiger partial charge on any atom is -0.436 e. The van der Waals surface area contributed by atoms with Crippen molar-refractivity contribution in [3.63, 3.8) is 0 Å². The number of ether oxygens (including phenoxy) is 1. The number of hydrogen-bond acceptors (Lipinski definition) is 2. The maximum absolute atomic E-state index is 6.01. The molecule has 2 rings (SSSR count). The third kappa shape index (κ3) is 3.31. The maximum Gasteiger partial charge on any atom is 0.233 e. The molecule has 2 aromatic rings. The van der Waals surface area contributed by atoms with Crippen LogP contribution in [0.4, 0.5) is 0 Å². The normalized spacial score (nSPS) is 10.5. The van der Waals surface area contributed by atoms with E-state index in [2.05, 4.69) is 36.8 Å². The number of halogens is 5. The molecule has 0 spiro atoms. The molecule has 0 bridgehead atoms. The molecule has 0 amide bonds. The van der Waals surface area contributed by atoms with Crippen molar-refractivity contribution in [2.75, 3.05) is 0 Å². The summed E-state index contributed by atoms with van der Waals surface area (Å²) in [7, 11) is 0. The molecule has 0 aliphatic rings. The van der Waals surface area contributed by atoms with Crippen LogP contribution in [0.15, 0.2) is 33.3 Å². The Bertz CT molecular complexity index is 607. The van der Waals surface area contributed by atoms with Gasteiger partial charge in [0.1, 0.15) is 5.75 Å². The first-order valence-electron chi connectivity index (χ1n) is 4.61. The third-order valence-electron chi connectivity index (χ3n) is 1.96. The van der Waals surface area contributed by atoms with Gasteiger partial charge in [-0.05, 0) is 44.0 Å². The average molecular weight is 432 g/mol. The lowest BCUT2D eigenvalue weighted by molar-refractivity contribution is 0.459. The predicted octanol–water partition coefficient (Wildman–Crippen LogP) is 6.36. The first kappa shape index (κ1) is 14.4. The second-order valence-electron chi connectivity index (χ2n) is 3.24. The zero-order chi connectivity index (χ0) is 13.3. The molecule has 18 heavy (non-hydrogen) atoms. The van der Waals surface area contributed by atoms with Crippen molar-refractivity contribution in [3.05, 3.63) is 48.4 Å². The van der Waals surface area contributed by atoms with Crippen molar-refractivity contribution < 1.29 is 4.74 Å². The summed E-state index contributed by atoms with van der Waals surface area (Å²) >= 11 is 24.4. The van der Waals surface area contributed by atoms with E-state index in [0.29, 0.717) is 31.2 Å². The van der Waals surface area contributed by atoms with Crippen LogP contribution in [0.5, 0.6) is 11.6 Å². The van der Waals surface area contributed by atoms with Crippen molar-refractivity contribution in [2.45, 2.75) is 0 Å². The van der Waals surface area contributed by atoms with E-state index in [1.807, 2.05) is 6.07 Å².